The first-order chi connectivity index (χ1) is 19.8. The molecule has 0 fully saturated rings. The number of rotatable bonds is 16. The third-order valence-corrected chi connectivity index (χ3v) is 6.74. The van der Waals surface area contributed by atoms with Crippen LogP contribution in [0.4, 0.5) is 0 Å². The Hall–Kier alpha value is -4.39. The van der Waals surface area contributed by atoms with Gasteiger partial charge in [-0.15, -0.1) is 0 Å². The average Bonchev–Trinajstić information content (AvgIpc) is 2.98. The van der Waals surface area contributed by atoms with Crippen LogP contribution in [0.1, 0.15) is 84.6 Å². The number of unbranched alkanes of at least 4 members (excludes halogenated alkanes) is 3. The minimum absolute atomic E-state index is 0.208. The van der Waals surface area contributed by atoms with Gasteiger partial charge in [-0.3, -0.25) is 0 Å². The third-order valence-electron chi connectivity index (χ3n) is 6.74. The number of aromatic carboxylic acids is 1. The van der Waals surface area contributed by atoms with E-state index in [0.29, 0.717) is 30.3 Å². The van der Waals surface area contributed by atoms with Crippen LogP contribution in [-0.4, -0.2) is 36.2 Å². The number of carbonyl (C=O) groups is 3. The summed E-state index contributed by atoms with van der Waals surface area (Å²) in [5.74, 6) is -0.507. The summed E-state index contributed by atoms with van der Waals surface area (Å²) in [5.41, 5.74) is 3.57. The molecule has 1 atom stereocenters. The van der Waals surface area contributed by atoms with Gasteiger partial charge in [-0.05, 0) is 103 Å². The molecule has 3 rings (SSSR count). The standard InChI is InChI=1S/C34H38O7/c1-4-10-24(3)31-23-27(33(36)37)15-20-30(31)25-11-18-29(19-12-25)41-34(38)26-13-16-28(17-14-26)39-21-8-6-7-9-22-40-32(35)5-2/h5,11-20,23-24H,2,4,6-10,21-22H2,1,3H3,(H,36,37). The monoisotopic (exact) mass is 558 g/mol. The maximum absolute atomic E-state index is 12.7. The van der Waals surface area contributed by atoms with Gasteiger partial charge >= 0.3 is 17.9 Å². The maximum atomic E-state index is 12.7. The average molecular weight is 559 g/mol. The van der Waals surface area contributed by atoms with E-state index in [4.69, 9.17) is 14.2 Å². The molecule has 3 aromatic carbocycles. The SMILES string of the molecule is C=CC(=O)OCCCCCCOc1ccc(C(=O)Oc2ccc(-c3ccc(C(=O)O)cc3C(C)CCC)cc2)cc1. The second kappa shape index (κ2) is 16.0. The topological polar surface area (TPSA) is 99.1 Å². The summed E-state index contributed by atoms with van der Waals surface area (Å²) in [6, 6.07) is 19.3. The maximum Gasteiger partial charge on any atom is 0.343 e. The minimum atomic E-state index is -0.944. The van der Waals surface area contributed by atoms with Crippen LogP contribution in [0.5, 0.6) is 11.5 Å². The molecule has 0 aromatic heterocycles. The molecular weight excluding hydrogens is 520 g/mol. The van der Waals surface area contributed by atoms with E-state index >= 15 is 0 Å². The normalized spacial score (nSPS) is 11.4. The lowest BCUT2D eigenvalue weighted by Gasteiger charge is -2.17. The molecule has 1 unspecified atom stereocenters. The fraction of sp³-hybridized carbons (Fsp3) is 0.324. The summed E-state index contributed by atoms with van der Waals surface area (Å²) in [6.07, 6.45) is 6.69. The Bertz CT molecular complexity index is 1310. The Kier molecular flexibility index (Phi) is 12.2. The zero-order chi connectivity index (χ0) is 29.6. The second-order valence-corrected chi connectivity index (χ2v) is 9.87. The predicted octanol–water partition coefficient (Wildman–Crippen LogP) is 7.84. The van der Waals surface area contributed by atoms with E-state index in [2.05, 4.69) is 20.4 Å². The lowest BCUT2D eigenvalue weighted by Crippen LogP contribution is -2.08. The Balaban J connectivity index is 1.51. The van der Waals surface area contributed by atoms with Crippen molar-refractivity contribution in [2.24, 2.45) is 0 Å². The molecule has 0 heterocycles. The molecule has 0 bridgehead atoms. The Morgan fingerprint density at radius 1 is 0.854 bits per heavy atom. The first kappa shape index (κ1) is 31.1. The number of ether oxygens (including phenoxy) is 3. The molecule has 3 aromatic rings. The molecule has 7 heteroatoms. The summed E-state index contributed by atoms with van der Waals surface area (Å²) in [7, 11) is 0. The van der Waals surface area contributed by atoms with Crippen molar-refractivity contribution in [2.45, 2.75) is 58.3 Å². The molecule has 7 nitrogen and oxygen atoms in total. The van der Waals surface area contributed by atoms with Crippen LogP contribution in [0.2, 0.25) is 0 Å². The van der Waals surface area contributed by atoms with E-state index in [1.165, 1.54) is 0 Å². The number of carboxylic acid groups (broad SMARTS) is 1. The molecule has 0 spiro atoms. The zero-order valence-electron chi connectivity index (χ0n) is 23.8. The van der Waals surface area contributed by atoms with Gasteiger partial charge in [0.05, 0.1) is 24.3 Å². The van der Waals surface area contributed by atoms with Crippen LogP contribution in [0.3, 0.4) is 0 Å². The molecular formula is C34H38O7. The highest BCUT2D eigenvalue weighted by molar-refractivity contribution is 5.91. The molecule has 0 saturated carbocycles. The fourth-order valence-electron chi connectivity index (χ4n) is 4.49. The van der Waals surface area contributed by atoms with Crippen LogP contribution in [0, 0.1) is 0 Å². The smallest absolute Gasteiger partial charge is 0.343 e. The molecule has 41 heavy (non-hydrogen) atoms. The number of hydrogen-bond acceptors (Lipinski definition) is 6. The number of esters is 2. The Morgan fingerprint density at radius 3 is 2.12 bits per heavy atom. The molecule has 0 aliphatic heterocycles. The third kappa shape index (κ3) is 9.64. The summed E-state index contributed by atoms with van der Waals surface area (Å²) in [5, 5.41) is 9.44. The molecule has 0 amide bonds. The van der Waals surface area contributed by atoms with Gasteiger partial charge < -0.3 is 19.3 Å². The van der Waals surface area contributed by atoms with Gasteiger partial charge in [0.1, 0.15) is 11.5 Å². The van der Waals surface area contributed by atoms with Crippen LogP contribution >= 0.6 is 0 Å². The van der Waals surface area contributed by atoms with Crippen molar-refractivity contribution in [1.29, 1.82) is 0 Å². The first-order valence-corrected chi connectivity index (χ1v) is 14.0. The van der Waals surface area contributed by atoms with Crippen molar-refractivity contribution >= 4 is 17.9 Å². The quantitative estimate of drug-likeness (QED) is 0.0827. The van der Waals surface area contributed by atoms with Gasteiger partial charge in [0, 0.05) is 6.08 Å². The lowest BCUT2D eigenvalue weighted by molar-refractivity contribution is -0.137. The van der Waals surface area contributed by atoms with E-state index in [1.54, 1.807) is 48.5 Å². The lowest BCUT2D eigenvalue weighted by atomic mass is 9.87. The molecule has 0 saturated heterocycles. The van der Waals surface area contributed by atoms with Crippen molar-refractivity contribution in [3.8, 4) is 22.6 Å². The van der Waals surface area contributed by atoms with Crippen molar-refractivity contribution in [2.75, 3.05) is 13.2 Å². The van der Waals surface area contributed by atoms with Crippen molar-refractivity contribution in [3.63, 3.8) is 0 Å². The van der Waals surface area contributed by atoms with E-state index in [-0.39, 0.29) is 11.5 Å². The van der Waals surface area contributed by atoms with Crippen molar-refractivity contribution < 1.29 is 33.7 Å². The van der Waals surface area contributed by atoms with E-state index in [9.17, 15) is 19.5 Å². The Morgan fingerprint density at radius 2 is 1.49 bits per heavy atom. The Labute approximate surface area is 241 Å². The molecule has 0 radical (unpaired) electrons. The molecule has 0 aliphatic carbocycles. The highest BCUT2D eigenvalue weighted by Gasteiger charge is 2.16. The van der Waals surface area contributed by atoms with Gasteiger partial charge in [-0.1, -0.05) is 45.0 Å². The zero-order valence-corrected chi connectivity index (χ0v) is 23.8. The molecule has 216 valence electrons. The van der Waals surface area contributed by atoms with Gasteiger partial charge in [0.25, 0.3) is 0 Å². The second-order valence-electron chi connectivity index (χ2n) is 9.87. The summed E-state index contributed by atoms with van der Waals surface area (Å²) in [6.45, 7) is 8.53. The molecule has 1 N–H and O–H groups in total. The highest BCUT2D eigenvalue weighted by atomic mass is 16.5. The number of carbonyl (C=O) groups excluding carboxylic acids is 2. The fourth-order valence-corrected chi connectivity index (χ4v) is 4.49. The van der Waals surface area contributed by atoms with Crippen molar-refractivity contribution in [3.05, 3.63) is 96.1 Å². The summed E-state index contributed by atoms with van der Waals surface area (Å²) >= 11 is 0. The summed E-state index contributed by atoms with van der Waals surface area (Å²) < 4.78 is 16.3. The number of carboxylic acids is 1. The largest absolute Gasteiger partial charge is 0.494 e. The number of hydrogen-bond donors (Lipinski definition) is 1. The van der Waals surface area contributed by atoms with E-state index < -0.39 is 17.9 Å². The van der Waals surface area contributed by atoms with Gasteiger partial charge in [0.2, 0.25) is 0 Å². The highest BCUT2D eigenvalue weighted by Crippen LogP contribution is 2.33. The van der Waals surface area contributed by atoms with Crippen molar-refractivity contribution in [1.82, 2.24) is 0 Å². The van der Waals surface area contributed by atoms with Crippen LogP contribution < -0.4 is 9.47 Å². The van der Waals surface area contributed by atoms with Crippen LogP contribution in [-0.2, 0) is 9.53 Å². The van der Waals surface area contributed by atoms with Gasteiger partial charge in [0.15, 0.2) is 0 Å². The van der Waals surface area contributed by atoms with E-state index in [1.807, 2.05) is 18.2 Å². The van der Waals surface area contributed by atoms with Gasteiger partial charge in [-0.2, -0.15) is 0 Å². The molecule has 0 aliphatic rings. The van der Waals surface area contributed by atoms with Crippen LogP contribution in [0.15, 0.2) is 79.4 Å². The first-order valence-electron chi connectivity index (χ1n) is 14.0. The number of benzene rings is 3. The minimum Gasteiger partial charge on any atom is -0.494 e. The summed E-state index contributed by atoms with van der Waals surface area (Å²) in [4.78, 5) is 35.2. The van der Waals surface area contributed by atoms with E-state index in [0.717, 1.165) is 61.3 Å². The van der Waals surface area contributed by atoms with Crippen LogP contribution in [0.25, 0.3) is 11.1 Å². The predicted molar refractivity (Wildman–Crippen MR) is 159 cm³/mol. The van der Waals surface area contributed by atoms with Gasteiger partial charge in [-0.25, -0.2) is 14.4 Å².